The molecule has 1 aliphatic carbocycles. The zero-order chi connectivity index (χ0) is 23.4. The first-order valence-corrected chi connectivity index (χ1v) is 12.9. The summed E-state index contributed by atoms with van der Waals surface area (Å²) < 4.78 is 7.41. The average Bonchev–Trinajstić information content (AvgIpc) is 3.43. The number of hydrogen-bond acceptors (Lipinski definition) is 4. The van der Waals surface area contributed by atoms with Gasteiger partial charge in [-0.15, -0.1) is 10.2 Å². The van der Waals surface area contributed by atoms with Crippen molar-refractivity contribution in [2.45, 2.75) is 71.6 Å². The lowest BCUT2D eigenvalue weighted by Gasteiger charge is -2.34. The SMILES string of the molecule is Cc1c(-c2[nH]c3ccc(C4CCC(CC5COC5)CC4)nc3c2C(C)C)cn2cnnc2c1C. The van der Waals surface area contributed by atoms with Gasteiger partial charge in [-0.05, 0) is 81.0 Å². The van der Waals surface area contributed by atoms with Crippen molar-refractivity contribution in [3.05, 3.63) is 47.0 Å². The van der Waals surface area contributed by atoms with Crippen LogP contribution in [0.1, 0.15) is 80.2 Å². The Kier molecular flexibility index (Phi) is 5.44. The van der Waals surface area contributed by atoms with Crippen molar-refractivity contribution in [3.63, 3.8) is 0 Å². The standard InChI is InChI=1S/C28H35N5O/c1-16(2)25-26(22-12-33-15-29-32-28(33)18(4)17(22)3)31-24-10-9-23(30-27(24)25)21-7-5-19(6-8-21)11-20-13-34-14-20/h9-10,12,15-16,19-21,31H,5-8,11,13-14H2,1-4H3. The van der Waals surface area contributed by atoms with Gasteiger partial charge in [0.1, 0.15) is 6.33 Å². The molecule has 6 heteroatoms. The Morgan fingerprint density at radius 2 is 1.85 bits per heavy atom. The molecule has 0 unspecified atom stereocenters. The minimum atomic E-state index is 0.364. The number of rotatable bonds is 5. The summed E-state index contributed by atoms with van der Waals surface area (Å²) in [5.74, 6) is 2.63. The van der Waals surface area contributed by atoms with Crippen molar-refractivity contribution in [2.24, 2.45) is 11.8 Å². The normalized spacial score (nSPS) is 21.6. The molecule has 2 fully saturated rings. The van der Waals surface area contributed by atoms with Crippen LogP contribution < -0.4 is 0 Å². The highest BCUT2D eigenvalue weighted by Gasteiger charge is 2.29. The first-order chi connectivity index (χ1) is 16.5. The van der Waals surface area contributed by atoms with Gasteiger partial charge in [0.15, 0.2) is 5.65 Å². The predicted molar refractivity (Wildman–Crippen MR) is 135 cm³/mol. The van der Waals surface area contributed by atoms with Gasteiger partial charge in [0, 0.05) is 34.9 Å². The number of hydrogen-bond donors (Lipinski definition) is 1. The summed E-state index contributed by atoms with van der Waals surface area (Å²) >= 11 is 0. The van der Waals surface area contributed by atoms with Crippen molar-refractivity contribution in [1.29, 1.82) is 0 Å². The van der Waals surface area contributed by atoms with Crippen LogP contribution in [0.15, 0.2) is 24.7 Å². The van der Waals surface area contributed by atoms with Gasteiger partial charge in [0.2, 0.25) is 0 Å². The minimum Gasteiger partial charge on any atom is -0.381 e. The summed E-state index contributed by atoms with van der Waals surface area (Å²) in [6, 6.07) is 4.52. The highest BCUT2D eigenvalue weighted by molar-refractivity contribution is 5.89. The maximum atomic E-state index is 5.38. The second-order valence-electron chi connectivity index (χ2n) is 10.9. The van der Waals surface area contributed by atoms with E-state index in [1.54, 1.807) is 6.33 Å². The number of fused-ring (bicyclic) bond motifs is 2. The maximum Gasteiger partial charge on any atom is 0.163 e. The fourth-order valence-electron chi connectivity index (χ4n) is 6.15. The van der Waals surface area contributed by atoms with E-state index in [0.29, 0.717) is 11.8 Å². The molecule has 5 heterocycles. The van der Waals surface area contributed by atoms with Gasteiger partial charge in [0.25, 0.3) is 0 Å². The summed E-state index contributed by atoms with van der Waals surface area (Å²) in [6.45, 7) is 10.8. The van der Waals surface area contributed by atoms with E-state index in [1.807, 2.05) is 4.40 Å². The van der Waals surface area contributed by atoms with Crippen LogP contribution >= 0.6 is 0 Å². The van der Waals surface area contributed by atoms with Crippen LogP contribution in [0.2, 0.25) is 0 Å². The molecule has 4 aromatic rings. The van der Waals surface area contributed by atoms with Gasteiger partial charge < -0.3 is 9.72 Å². The van der Waals surface area contributed by atoms with Gasteiger partial charge in [-0.3, -0.25) is 9.38 Å². The van der Waals surface area contributed by atoms with Gasteiger partial charge in [0.05, 0.1) is 29.9 Å². The maximum absolute atomic E-state index is 5.38. The van der Waals surface area contributed by atoms with Gasteiger partial charge in [-0.1, -0.05) is 13.8 Å². The van der Waals surface area contributed by atoms with Crippen LogP contribution in [0.25, 0.3) is 27.9 Å². The van der Waals surface area contributed by atoms with E-state index in [4.69, 9.17) is 9.72 Å². The Morgan fingerprint density at radius 3 is 2.56 bits per heavy atom. The van der Waals surface area contributed by atoms with E-state index < -0.39 is 0 Å². The van der Waals surface area contributed by atoms with E-state index in [1.165, 1.54) is 65.7 Å². The third kappa shape index (κ3) is 3.63. The Labute approximate surface area is 201 Å². The number of pyridine rings is 2. The molecule has 2 aliphatic rings. The fraction of sp³-hybridized carbons (Fsp3) is 0.536. The topological polar surface area (TPSA) is 68.1 Å². The second-order valence-corrected chi connectivity index (χ2v) is 10.9. The molecule has 34 heavy (non-hydrogen) atoms. The summed E-state index contributed by atoms with van der Waals surface area (Å²) in [4.78, 5) is 9.03. The van der Waals surface area contributed by atoms with Crippen molar-refractivity contribution in [3.8, 4) is 11.3 Å². The highest BCUT2D eigenvalue weighted by Crippen LogP contribution is 2.41. The molecule has 1 aliphatic heterocycles. The molecule has 4 aromatic heterocycles. The number of ether oxygens (including phenoxy) is 1. The molecule has 1 N–H and O–H groups in total. The van der Waals surface area contributed by atoms with Gasteiger partial charge >= 0.3 is 0 Å². The summed E-state index contributed by atoms with van der Waals surface area (Å²) in [5, 5.41) is 8.41. The van der Waals surface area contributed by atoms with E-state index in [0.717, 1.165) is 41.7 Å². The number of nitrogens with zero attached hydrogens (tertiary/aromatic N) is 4. The van der Waals surface area contributed by atoms with E-state index in [2.05, 4.69) is 61.2 Å². The van der Waals surface area contributed by atoms with E-state index in [-0.39, 0.29) is 0 Å². The zero-order valence-electron chi connectivity index (χ0n) is 20.8. The fourth-order valence-corrected chi connectivity index (χ4v) is 6.15. The second kappa shape index (κ2) is 8.49. The van der Waals surface area contributed by atoms with Crippen LogP contribution in [0.3, 0.4) is 0 Å². The number of nitrogens with one attached hydrogen (secondary N) is 1. The Morgan fingerprint density at radius 1 is 1.06 bits per heavy atom. The molecule has 0 spiro atoms. The first kappa shape index (κ1) is 21.8. The summed E-state index contributed by atoms with van der Waals surface area (Å²) in [5.41, 5.74) is 10.6. The molecule has 0 radical (unpaired) electrons. The molecular formula is C28H35N5O. The summed E-state index contributed by atoms with van der Waals surface area (Å²) in [6.07, 6.45) is 10.5. The lowest BCUT2D eigenvalue weighted by atomic mass is 9.76. The van der Waals surface area contributed by atoms with Crippen LogP contribution in [0, 0.1) is 25.7 Å². The molecule has 0 amide bonds. The Hall–Kier alpha value is -2.73. The molecule has 0 bridgehead atoms. The first-order valence-electron chi connectivity index (χ1n) is 12.9. The van der Waals surface area contributed by atoms with Crippen LogP contribution in [-0.2, 0) is 4.74 Å². The third-order valence-corrected chi connectivity index (χ3v) is 8.33. The van der Waals surface area contributed by atoms with Crippen molar-refractivity contribution in [2.75, 3.05) is 13.2 Å². The van der Waals surface area contributed by atoms with Crippen LogP contribution in [0.4, 0.5) is 0 Å². The Balaban J connectivity index is 1.35. The van der Waals surface area contributed by atoms with E-state index >= 15 is 0 Å². The molecule has 6 rings (SSSR count). The Bertz CT molecular complexity index is 1340. The molecule has 1 saturated carbocycles. The largest absolute Gasteiger partial charge is 0.381 e. The third-order valence-electron chi connectivity index (χ3n) is 8.33. The highest BCUT2D eigenvalue weighted by atomic mass is 16.5. The van der Waals surface area contributed by atoms with Crippen LogP contribution in [0.5, 0.6) is 0 Å². The number of H-pyrrole nitrogens is 1. The monoisotopic (exact) mass is 457 g/mol. The number of aryl methyl sites for hydroxylation is 1. The van der Waals surface area contributed by atoms with Crippen LogP contribution in [-0.4, -0.2) is 37.8 Å². The van der Waals surface area contributed by atoms with E-state index in [9.17, 15) is 0 Å². The average molecular weight is 458 g/mol. The van der Waals surface area contributed by atoms with Crippen molar-refractivity contribution >= 4 is 16.7 Å². The van der Waals surface area contributed by atoms with Gasteiger partial charge in [-0.25, -0.2) is 0 Å². The molecule has 178 valence electrons. The lowest BCUT2D eigenvalue weighted by Crippen LogP contribution is -2.30. The molecular weight excluding hydrogens is 422 g/mol. The van der Waals surface area contributed by atoms with Gasteiger partial charge in [-0.2, -0.15) is 0 Å². The molecule has 0 aromatic carbocycles. The quantitative estimate of drug-likeness (QED) is 0.381. The number of aromatic nitrogens is 5. The lowest BCUT2D eigenvalue weighted by molar-refractivity contribution is -0.0448. The minimum absolute atomic E-state index is 0.364. The smallest absolute Gasteiger partial charge is 0.163 e. The van der Waals surface area contributed by atoms with Crippen molar-refractivity contribution < 1.29 is 4.74 Å². The van der Waals surface area contributed by atoms with Crippen molar-refractivity contribution in [1.82, 2.24) is 24.6 Å². The number of aromatic amines is 1. The molecule has 0 atom stereocenters. The predicted octanol–water partition coefficient (Wildman–Crippen LogP) is 6.32. The zero-order valence-corrected chi connectivity index (χ0v) is 20.8. The molecule has 1 saturated heterocycles. The molecule has 6 nitrogen and oxygen atoms in total. The summed E-state index contributed by atoms with van der Waals surface area (Å²) in [7, 11) is 0.